The first kappa shape index (κ1) is 23.8. The zero-order valence-electron chi connectivity index (χ0n) is 20.4. The predicted octanol–water partition coefficient (Wildman–Crippen LogP) is 4.64. The largest absolute Gasteiger partial charge is 0.496 e. The van der Waals surface area contributed by atoms with Crippen molar-refractivity contribution in [2.45, 2.75) is 13.0 Å². The molecule has 0 radical (unpaired) electrons. The highest BCUT2D eigenvalue weighted by Crippen LogP contribution is 2.32. The van der Waals surface area contributed by atoms with E-state index >= 15 is 0 Å². The van der Waals surface area contributed by atoms with Crippen LogP contribution in [-0.4, -0.2) is 42.2 Å². The van der Waals surface area contributed by atoms with E-state index in [2.05, 4.69) is 9.84 Å². The molecule has 3 aromatic carbocycles. The van der Waals surface area contributed by atoms with Crippen LogP contribution in [0.5, 0.6) is 11.5 Å². The summed E-state index contributed by atoms with van der Waals surface area (Å²) in [6.07, 6.45) is 0.801. The summed E-state index contributed by atoms with van der Waals surface area (Å²) in [5.74, 6) is 1.31. The van der Waals surface area contributed by atoms with Gasteiger partial charge in [-0.15, -0.1) is 0 Å². The number of fused-ring (bicyclic) bond motifs is 2. The molecule has 0 amide bonds. The lowest BCUT2D eigenvalue weighted by molar-refractivity contribution is -0.147. The number of nitrogens with zero attached hydrogens (tertiary/aromatic N) is 3. The highest BCUT2D eigenvalue weighted by Gasteiger charge is 2.18. The van der Waals surface area contributed by atoms with Crippen molar-refractivity contribution >= 4 is 34.1 Å². The number of esters is 1. The van der Waals surface area contributed by atoms with Gasteiger partial charge in [0.25, 0.3) is 5.56 Å². The molecule has 37 heavy (non-hydrogen) atoms. The monoisotopic (exact) mass is 497 g/mol. The molecule has 9 nitrogen and oxygen atoms in total. The Bertz CT molecular complexity index is 1680. The first-order chi connectivity index (χ1) is 18.0. The topological polar surface area (TPSA) is 105 Å². The lowest BCUT2D eigenvalue weighted by atomic mass is 10.2. The molecule has 5 aromatic rings. The van der Waals surface area contributed by atoms with Crippen LogP contribution in [0.1, 0.15) is 12.5 Å². The number of para-hydroxylation sites is 1. The first-order valence-electron chi connectivity index (χ1n) is 11.5. The number of benzene rings is 3. The normalized spacial score (nSPS) is 12.2. The summed E-state index contributed by atoms with van der Waals surface area (Å²) in [5, 5.41) is 5.65. The van der Waals surface area contributed by atoms with Gasteiger partial charge in [0, 0.05) is 0 Å². The summed E-state index contributed by atoms with van der Waals surface area (Å²) in [4.78, 5) is 29.7. The van der Waals surface area contributed by atoms with Crippen molar-refractivity contribution in [2.24, 2.45) is 5.10 Å². The van der Waals surface area contributed by atoms with Crippen LogP contribution in [0.4, 0.5) is 0 Å². The van der Waals surface area contributed by atoms with Gasteiger partial charge in [-0.2, -0.15) is 9.78 Å². The molecule has 0 aliphatic heterocycles. The van der Waals surface area contributed by atoms with E-state index in [0.29, 0.717) is 39.3 Å². The van der Waals surface area contributed by atoms with Crippen molar-refractivity contribution in [3.05, 3.63) is 88.7 Å². The van der Waals surface area contributed by atoms with E-state index in [1.807, 2.05) is 24.3 Å². The Kier molecular flexibility index (Phi) is 6.42. The van der Waals surface area contributed by atoms with Crippen LogP contribution in [0.15, 0.2) is 87.1 Å². The van der Waals surface area contributed by atoms with Gasteiger partial charge in [-0.3, -0.25) is 4.79 Å². The van der Waals surface area contributed by atoms with Crippen molar-refractivity contribution in [1.29, 1.82) is 0 Å². The molecule has 0 aliphatic rings. The second-order valence-corrected chi connectivity index (χ2v) is 8.15. The van der Waals surface area contributed by atoms with Crippen molar-refractivity contribution in [3.8, 4) is 23.1 Å². The number of furan rings is 1. The second-order valence-electron chi connectivity index (χ2n) is 8.15. The van der Waals surface area contributed by atoms with Gasteiger partial charge in [0.1, 0.15) is 17.1 Å². The zero-order valence-corrected chi connectivity index (χ0v) is 20.4. The second kappa shape index (κ2) is 9.98. The fraction of sp³-hybridized carbons (Fsp3) is 0.143. The van der Waals surface area contributed by atoms with Gasteiger partial charge in [0.05, 0.1) is 36.7 Å². The number of carbonyl (C=O) groups excluding carboxylic acids is 1. The van der Waals surface area contributed by atoms with Crippen LogP contribution in [0.3, 0.4) is 0 Å². The summed E-state index contributed by atoms with van der Waals surface area (Å²) in [5.41, 5.74) is 1.50. The van der Waals surface area contributed by atoms with E-state index < -0.39 is 12.1 Å². The van der Waals surface area contributed by atoms with Gasteiger partial charge < -0.3 is 18.6 Å². The SMILES string of the molecule is COC(=O)[C@H](C)Oc1ccc(C=Nn2c(-c3cc4c(OC)cccc4o3)nc3ccccc3c2=O)cc1. The van der Waals surface area contributed by atoms with Gasteiger partial charge in [-0.05, 0) is 67.1 Å². The van der Waals surface area contributed by atoms with E-state index in [1.165, 1.54) is 18.0 Å². The molecule has 0 saturated carbocycles. The highest BCUT2D eigenvalue weighted by molar-refractivity contribution is 5.88. The van der Waals surface area contributed by atoms with Crippen LogP contribution in [-0.2, 0) is 9.53 Å². The molecule has 0 saturated heterocycles. The minimum absolute atomic E-state index is 0.255. The molecule has 0 bridgehead atoms. The summed E-state index contributed by atoms with van der Waals surface area (Å²) in [6, 6.07) is 21.3. The molecule has 0 aliphatic carbocycles. The van der Waals surface area contributed by atoms with Gasteiger partial charge in [-0.1, -0.05) is 18.2 Å². The Labute approximate surface area is 211 Å². The summed E-state index contributed by atoms with van der Waals surface area (Å²) >= 11 is 0. The quantitative estimate of drug-likeness (QED) is 0.238. The van der Waals surface area contributed by atoms with Crippen LogP contribution in [0.25, 0.3) is 33.5 Å². The molecule has 2 aromatic heterocycles. The van der Waals surface area contributed by atoms with Gasteiger partial charge >= 0.3 is 5.97 Å². The lowest BCUT2D eigenvalue weighted by Crippen LogP contribution is -2.24. The van der Waals surface area contributed by atoms with Gasteiger partial charge in [-0.25, -0.2) is 9.78 Å². The molecule has 0 spiro atoms. The van der Waals surface area contributed by atoms with Crippen molar-refractivity contribution in [1.82, 2.24) is 9.66 Å². The third-order valence-electron chi connectivity index (χ3n) is 5.76. The maximum atomic E-state index is 13.4. The van der Waals surface area contributed by atoms with Gasteiger partial charge in [0.15, 0.2) is 11.9 Å². The molecule has 5 rings (SSSR count). The molecule has 1 atom stereocenters. The van der Waals surface area contributed by atoms with Crippen molar-refractivity contribution < 1.29 is 23.4 Å². The third kappa shape index (κ3) is 4.66. The standard InChI is InChI=1S/C28H23N3O6/c1-17(28(33)35-3)36-19-13-11-18(12-14-19)16-29-31-26(30-22-8-5-4-7-20(22)27(31)32)25-15-21-23(34-2)9-6-10-24(21)37-25/h4-17H,1-3H3/t17-/m0/s1. The number of aromatic nitrogens is 2. The van der Waals surface area contributed by atoms with E-state index in [1.54, 1.807) is 62.6 Å². The lowest BCUT2D eigenvalue weighted by Gasteiger charge is -2.12. The number of carbonyl (C=O) groups is 1. The Morgan fingerprint density at radius 2 is 1.81 bits per heavy atom. The smallest absolute Gasteiger partial charge is 0.346 e. The minimum Gasteiger partial charge on any atom is -0.496 e. The fourth-order valence-corrected chi connectivity index (χ4v) is 3.89. The molecule has 9 heteroatoms. The van der Waals surface area contributed by atoms with E-state index in [-0.39, 0.29) is 11.4 Å². The fourth-order valence-electron chi connectivity index (χ4n) is 3.89. The first-order valence-corrected chi connectivity index (χ1v) is 11.5. The molecular weight excluding hydrogens is 474 g/mol. The molecule has 2 heterocycles. The zero-order chi connectivity index (χ0) is 25.9. The average molecular weight is 498 g/mol. The van der Waals surface area contributed by atoms with Crippen LogP contribution >= 0.6 is 0 Å². The number of methoxy groups -OCH3 is 2. The number of ether oxygens (including phenoxy) is 3. The van der Waals surface area contributed by atoms with E-state index in [0.717, 1.165) is 5.39 Å². The molecule has 0 fully saturated rings. The Balaban J connectivity index is 1.55. The summed E-state index contributed by atoms with van der Waals surface area (Å²) in [7, 11) is 2.89. The highest BCUT2D eigenvalue weighted by atomic mass is 16.6. The van der Waals surface area contributed by atoms with Gasteiger partial charge in [0.2, 0.25) is 5.82 Å². The minimum atomic E-state index is -0.739. The Morgan fingerprint density at radius 3 is 2.57 bits per heavy atom. The number of hydrogen-bond acceptors (Lipinski definition) is 8. The molecule has 186 valence electrons. The predicted molar refractivity (Wildman–Crippen MR) is 139 cm³/mol. The average Bonchev–Trinajstić information content (AvgIpc) is 3.37. The van der Waals surface area contributed by atoms with Crippen molar-refractivity contribution in [2.75, 3.05) is 14.2 Å². The molecule has 0 N–H and O–H groups in total. The van der Waals surface area contributed by atoms with E-state index in [4.69, 9.17) is 18.9 Å². The van der Waals surface area contributed by atoms with Crippen LogP contribution in [0.2, 0.25) is 0 Å². The Morgan fingerprint density at radius 1 is 1.03 bits per heavy atom. The number of hydrogen-bond donors (Lipinski definition) is 0. The number of rotatable bonds is 7. The maximum Gasteiger partial charge on any atom is 0.346 e. The van der Waals surface area contributed by atoms with Crippen LogP contribution in [0, 0.1) is 0 Å². The maximum absolute atomic E-state index is 13.4. The third-order valence-corrected chi connectivity index (χ3v) is 5.76. The van der Waals surface area contributed by atoms with Crippen LogP contribution < -0.4 is 15.0 Å². The van der Waals surface area contributed by atoms with Crippen molar-refractivity contribution in [3.63, 3.8) is 0 Å². The molecule has 0 unspecified atom stereocenters. The summed E-state index contributed by atoms with van der Waals surface area (Å²) in [6.45, 7) is 1.61. The Hall–Kier alpha value is -4.92. The summed E-state index contributed by atoms with van der Waals surface area (Å²) < 4.78 is 23.0. The van der Waals surface area contributed by atoms with E-state index in [9.17, 15) is 9.59 Å². The molecular formula is C28H23N3O6.